The molecule has 5 nitrogen and oxygen atoms in total. The molecule has 7 heteroatoms. The number of anilines is 3. The molecule has 2 heterocycles. The number of amides is 1. The van der Waals surface area contributed by atoms with Crippen LogP contribution in [0.15, 0.2) is 59.3 Å². The maximum absolute atomic E-state index is 11.8. The third-order valence-electron chi connectivity index (χ3n) is 2.98. The van der Waals surface area contributed by atoms with Crippen LogP contribution < -0.4 is 10.6 Å². The minimum atomic E-state index is -0.360. The van der Waals surface area contributed by atoms with Crippen molar-refractivity contribution >= 4 is 46.3 Å². The van der Waals surface area contributed by atoms with Crippen molar-refractivity contribution in [1.82, 2.24) is 4.98 Å². The molecule has 0 fully saturated rings. The highest BCUT2D eigenvalue weighted by molar-refractivity contribution is 6.43. The van der Waals surface area contributed by atoms with E-state index in [2.05, 4.69) is 15.6 Å². The number of nitrogens with zero attached hydrogens (tertiary/aromatic N) is 1. The average molecular weight is 348 g/mol. The molecule has 3 aromatic rings. The van der Waals surface area contributed by atoms with Gasteiger partial charge >= 0.3 is 0 Å². The SMILES string of the molecule is O=C(Nc1ccc(Nc2cccc(Cl)c2Cl)cn1)c1ccco1. The summed E-state index contributed by atoms with van der Waals surface area (Å²) in [6.45, 7) is 0. The lowest BCUT2D eigenvalue weighted by Crippen LogP contribution is -2.11. The van der Waals surface area contributed by atoms with Crippen molar-refractivity contribution < 1.29 is 9.21 Å². The predicted molar refractivity (Wildman–Crippen MR) is 90.6 cm³/mol. The molecule has 3 rings (SSSR count). The van der Waals surface area contributed by atoms with Crippen LogP contribution in [0.3, 0.4) is 0 Å². The molecule has 1 amide bonds. The van der Waals surface area contributed by atoms with Crippen molar-refractivity contribution in [3.8, 4) is 0 Å². The summed E-state index contributed by atoms with van der Waals surface area (Å²) >= 11 is 12.1. The molecule has 1 aromatic carbocycles. The molecule has 0 aliphatic rings. The van der Waals surface area contributed by atoms with Crippen LogP contribution in [-0.4, -0.2) is 10.9 Å². The number of carbonyl (C=O) groups excluding carboxylic acids is 1. The average Bonchev–Trinajstić information content (AvgIpc) is 3.08. The van der Waals surface area contributed by atoms with E-state index in [9.17, 15) is 4.79 Å². The summed E-state index contributed by atoms with van der Waals surface area (Å²) in [4.78, 5) is 16.0. The second kappa shape index (κ2) is 6.73. The molecule has 0 saturated heterocycles. The standard InChI is InChI=1S/C16H11Cl2N3O2/c17-11-3-1-4-12(15(11)18)20-10-6-7-14(19-9-10)21-16(22)13-5-2-8-23-13/h1-9,20H,(H,19,21,22). The third-order valence-corrected chi connectivity index (χ3v) is 3.80. The Hall–Kier alpha value is -2.50. The molecule has 0 aliphatic heterocycles. The summed E-state index contributed by atoms with van der Waals surface area (Å²) in [5, 5.41) is 6.65. The Morgan fingerprint density at radius 3 is 2.65 bits per heavy atom. The van der Waals surface area contributed by atoms with Crippen molar-refractivity contribution in [1.29, 1.82) is 0 Å². The Morgan fingerprint density at radius 1 is 1.09 bits per heavy atom. The zero-order chi connectivity index (χ0) is 16.2. The number of hydrogen-bond donors (Lipinski definition) is 2. The Bertz CT molecular complexity index is 818. The van der Waals surface area contributed by atoms with Crippen LogP contribution in [0.25, 0.3) is 0 Å². The Labute approximate surface area is 142 Å². The first-order valence-corrected chi connectivity index (χ1v) is 7.41. The molecular weight excluding hydrogens is 337 g/mol. The molecular formula is C16H11Cl2N3O2. The summed E-state index contributed by atoms with van der Waals surface area (Å²) < 4.78 is 5.02. The first kappa shape index (κ1) is 15.4. The zero-order valence-electron chi connectivity index (χ0n) is 11.7. The van der Waals surface area contributed by atoms with E-state index in [0.29, 0.717) is 27.2 Å². The Morgan fingerprint density at radius 2 is 1.96 bits per heavy atom. The molecule has 116 valence electrons. The maximum atomic E-state index is 11.8. The molecule has 0 aliphatic carbocycles. The monoisotopic (exact) mass is 347 g/mol. The fourth-order valence-corrected chi connectivity index (χ4v) is 2.23. The molecule has 0 saturated carbocycles. The van der Waals surface area contributed by atoms with E-state index in [1.165, 1.54) is 6.26 Å². The number of carbonyl (C=O) groups is 1. The number of rotatable bonds is 4. The van der Waals surface area contributed by atoms with Gasteiger partial charge in [-0.1, -0.05) is 29.3 Å². The van der Waals surface area contributed by atoms with Gasteiger partial charge in [-0.2, -0.15) is 0 Å². The van der Waals surface area contributed by atoms with Gasteiger partial charge in [0, 0.05) is 0 Å². The van der Waals surface area contributed by atoms with E-state index in [1.54, 1.807) is 48.7 Å². The highest BCUT2D eigenvalue weighted by Crippen LogP contribution is 2.31. The summed E-state index contributed by atoms with van der Waals surface area (Å²) in [5.41, 5.74) is 1.39. The van der Waals surface area contributed by atoms with Gasteiger partial charge in [0.05, 0.1) is 33.9 Å². The summed E-state index contributed by atoms with van der Waals surface area (Å²) in [6, 6.07) is 12.0. The topological polar surface area (TPSA) is 67.2 Å². The van der Waals surface area contributed by atoms with Crippen LogP contribution in [-0.2, 0) is 0 Å². The molecule has 0 unspecified atom stereocenters. The summed E-state index contributed by atoms with van der Waals surface area (Å²) in [6.07, 6.45) is 3.01. The number of halogens is 2. The summed E-state index contributed by atoms with van der Waals surface area (Å²) in [5.74, 6) is 0.273. The highest BCUT2D eigenvalue weighted by Gasteiger charge is 2.09. The van der Waals surface area contributed by atoms with Gasteiger partial charge in [0.2, 0.25) is 0 Å². The van der Waals surface area contributed by atoms with E-state index in [0.717, 1.165) is 0 Å². The van der Waals surface area contributed by atoms with Crippen molar-refractivity contribution in [3.63, 3.8) is 0 Å². The molecule has 0 bridgehead atoms. The Kier molecular flexibility index (Phi) is 4.50. The van der Waals surface area contributed by atoms with Gasteiger partial charge < -0.3 is 15.1 Å². The van der Waals surface area contributed by atoms with E-state index < -0.39 is 0 Å². The number of hydrogen-bond acceptors (Lipinski definition) is 4. The molecule has 0 atom stereocenters. The molecule has 23 heavy (non-hydrogen) atoms. The number of benzene rings is 1. The molecule has 0 radical (unpaired) electrons. The highest BCUT2D eigenvalue weighted by atomic mass is 35.5. The van der Waals surface area contributed by atoms with Crippen molar-refractivity contribution in [2.45, 2.75) is 0 Å². The molecule has 2 aromatic heterocycles. The zero-order valence-corrected chi connectivity index (χ0v) is 13.2. The van der Waals surface area contributed by atoms with Crippen LogP contribution in [0.2, 0.25) is 10.0 Å². The fourth-order valence-electron chi connectivity index (χ4n) is 1.88. The van der Waals surface area contributed by atoms with Gasteiger partial charge in [0.25, 0.3) is 5.91 Å². The van der Waals surface area contributed by atoms with Gasteiger partial charge in [0.15, 0.2) is 5.76 Å². The lowest BCUT2D eigenvalue weighted by atomic mass is 10.3. The quantitative estimate of drug-likeness (QED) is 0.698. The maximum Gasteiger partial charge on any atom is 0.292 e. The van der Waals surface area contributed by atoms with Crippen molar-refractivity contribution in [3.05, 3.63) is 70.7 Å². The number of nitrogens with one attached hydrogen (secondary N) is 2. The number of furan rings is 1. The van der Waals surface area contributed by atoms with E-state index >= 15 is 0 Å². The third kappa shape index (κ3) is 3.64. The van der Waals surface area contributed by atoms with E-state index in [1.807, 2.05) is 0 Å². The molecule has 2 N–H and O–H groups in total. The first-order chi connectivity index (χ1) is 11.1. The van der Waals surface area contributed by atoms with Crippen molar-refractivity contribution in [2.24, 2.45) is 0 Å². The van der Waals surface area contributed by atoms with Gasteiger partial charge in [-0.15, -0.1) is 0 Å². The van der Waals surface area contributed by atoms with Crippen LogP contribution in [0, 0.1) is 0 Å². The minimum absolute atomic E-state index is 0.222. The fraction of sp³-hybridized carbons (Fsp3) is 0. The number of aromatic nitrogens is 1. The minimum Gasteiger partial charge on any atom is -0.459 e. The first-order valence-electron chi connectivity index (χ1n) is 6.65. The van der Waals surface area contributed by atoms with Crippen LogP contribution in [0.5, 0.6) is 0 Å². The van der Waals surface area contributed by atoms with Crippen LogP contribution >= 0.6 is 23.2 Å². The van der Waals surface area contributed by atoms with Crippen molar-refractivity contribution in [2.75, 3.05) is 10.6 Å². The van der Waals surface area contributed by atoms with E-state index in [-0.39, 0.29) is 11.7 Å². The predicted octanol–water partition coefficient (Wildman–Crippen LogP) is 4.98. The smallest absolute Gasteiger partial charge is 0.292 e. The lowest BCUT2D eigenvalue weighted by molar-refractivity contribution is 0.0996. The Balaban J connectivity index is 1.70. The van der Waals surface area contributed by atoms with Gasteiger partial charge in [-0.05, 0) is 36.4 Å². The number of pyridine rings is 1. The van der Waals surface area contributed by atoms with Gasteiger partial charge in [0.1, 0.15) is 5.82 Å². The summed E-state index contributed by atoms with van der Waals surface area (Å²) in [7, 11) is 0. The van der Waals surface area contributed by atoms with Crippen LogP contribution in [0.4, 0.5) is 17.2 Å². The van der Waals surface area contributed by atoms with E-state index in [4.69, 9.17) is 27.6 Å². The lowest BCUT2D eigenvalue weighted by Gasteiger charge is -2.09. The molecule has 0 spiro atoms. The van der Waals surface area contributed by atoms with Crippen LogP contribution in [0.1, 0.15) is 10.6 Å². The van der Waals surface area contributed by atoms with Gasteiger partial charge in [-0.3, -0.25) is 4.79 Å². The largest absolute Gasteiger partial charge is 0.459 e. The normalized spacial score (nSPS) is 10.3. The van der Waals surface area contributed by atoms with Gasteiger partial charge in [-0.25, -0.2) is 4.98 Å². The second-order valence-corrected chi connectivity index (χ2v) is 5.38. The second-order valence-electron chi connectivity index (χ2n) is 4.59.